The second kappa shape index (κ2) is 14.5. The van der Waals surface area contributed by atoms with E-state index in [1.807, 2.05) is 50.2 Å². The fraction of sp³-hybridized carbons (Fsp3) is 0.179. The standard InChI is InChI=1S/C39H35ClN2O10P2/c1-23-17-25(12-15-36(43)42-22-27(20-40)39-31-10-6-4-8-29(31)35(19-33(39)42)52-54(48,49)50)11-13-26(23)14-16-37(44)41-21-24(2)38-30-9-5-3-7-28(30)34(18-32(38)41)51-53(45,46)47/h3-19,24,27H,20-22H2,1-2H3,(H2,45,46,47)(H2,48,49,50)/b15-12+,16-14+/t24-,27-/m1/s1. The van der Waals surface area contributed by atoms with E-state index in [0.29, 0.717) is 34.1 Å². The van der Waals surface area contributed by atoms with Crippen molar-refractivity contribution in [3.63, 3.8) is 0 Å². The van der Waals surface area contributed by atoms with Crippen LogP contribution in [0.5, 0.6) is 11.5 Å². The summed E-state index contributed by atoms with van der Waals surface area (Å²) in [5.41, 5.74) is 5.03. The normalized spacial score (nSPS) is 17.2. The first-order valence-corrected chi connectivity index (χ1v) is 20.5. The van der Waals surface area contributed by atoms with Crippen molar-refractivity contribution in [3.8, 4) is 11.5 Å². The van der Waals surface area contributed by atoms with Gasteiger partial charge in [0.2, 0.25) is 0 Å². The fourth-order valence-corrected chi connectivity index (χ4v) is 8.48. The average molecular weight is 789 g/mol. The molecule has 5 aromatic carbocycles. The largest absolute Gasteiger partial charge is 0.524 e. The lowest BCUT2D eigenvalue weighted by Crippen LogP contribution is -2.28. The average Bonchev–Trinajstić information content (AvgIpc) is 3.66. The first kappa shape index (κ1) is 37.5. The molecule has 2 amide bonds. The smallest absolute Gasteiger partial charge is 0.404 e. The third-order valence-electron chi connectivity index (χ3n) is 9.67. The van der Waals surface area contributed by atoms with Crippen LogP contribution in [0.4, 0.5) is 11.4 Å². The predicted octanol–water partition coefficient (Wildman–Crippen LogP) is 7.79. The number of hydrogen-bond donors (Lipinski definition) is 4. The summed E-state index contributed by atoms with van der Waals surface area (Å²) in [6.45, 7) is 4.52. The number of amides is 2. The Bertz CT molecular complexity index is 2510. The topological polar surface area (TPSA) is 174 Å². The van der Waals surface area contributed by atoms with Crippen molar-refractivity contribution in [3.05, 3.63) is 119 Å². The number of fused-ring (bicyclic) bond motifs is 6. The molecule has 5 aromatic rings. The molecule has 0 aromatic heterocycles. The molecule has 0 aliphatic carbocycles. The van der Waals surface area contributed by atoms with Gasteiger partial charge in [-0.05, 0) is 57.7 Å². The van der Waals surface area contributed by atoms with Gasteiger partial charge in [-0.15, -0.1) is 11.6 Å². The maximum atomic E-state index is 13.6. The lowest BCUT2D eigenvalue weighted by molar-refractivity contribution is -0.114. The molecule has 0 bridgehead atoms. The third kappa shape index (κ3) is 7.47. The summed E-state index contributed by atoms with van der Waals surface area (Å²) in [4.78, 5) is 68.5. The highest BCUT2D eigenvalue weighted by molar-refractivity contribution is 7.47. The van der Waals surface area contributed by atoms with Crippen LogP contribution in [0, 0.1) is 6.92 Å². The van der Waals surface area contributed by atoms with Gasteiger partial charge in [0.05, 0.1) is 11.4 Å². The van der Waals surface area contributed by atoms with Crippen molar-refractivity contribution in [1.82, 2.24) is 0 Å². The van der Waals surface area contributed by atoms with Gasteiger partial charge >= 0.3 is 15.6 Å². The summed E-state index contributed by atoms with van der Waals surface area (Å²) >= 11 is 6.34. The Morgan fingerprint density at radius 1 is 0.741 bits per heavy atom. The maximum absolute atomic E-state index is 13.6. The minimum atomic E-state index is -4.89. The van der Waals surface area contributed by atoms with E-state index in [1.54, 1.807) is 47.4 Å². The number of phosphoric acid groups is 2. The number of phosphoric ester groups is 2. The number of carbonyl (C=O) groups is 2. The molecule has 0 radical (unpaired) electrons. The van der Waals surface area contributed by atoms with Gasteiger partial charge in [-0.25, -0.2) is 9.13 Å². The molecular formula is C39H35ClN2O10P2. The quantitative estimate of drug-likeness (QED) is 0.0656. The van der Waals surface area contributed by atoms with Gasteiger partial charge in [0.15, 0.2) is 0 Å². The van der Waals surface area contributed by atoms with Crippen LogP contribution in [0.3, 0.4) is 0 Å². The number of rotatable bonds is 9. The molecule has 0 unspecified atom stereocenters. The van der Waals surface area contributed by atoms with Gasteiger partial charge < -0.3 is 18.8 Å². The van der Waals surface area contributed by atoms with Crippen LogP contribution in [0.15, 0.2) is 91.0 Å². The summed E-state index contributed by atoms with van der Waals surface area (Å²) in [5.74, 6) is -0.728. The predicted molar refractivity (Wildman–Crippen MR) is 209 cm³/mol. The molecule has 0 fully saturated rings. The molecule has 2 atom stereocenters. The zero-order valence-corrected chi connectivity index (χ0v) is 31.5. The van der Waals surface area contributed by atoms with Crippen LogP contribution in [0.2, 0.25) is 0 Å². The van der Waals surface area contributed by atoms with E-state index in [4.69, 9.17) is 20.6 Å². The fourth-order valence-electron chi connectivity index (χ4n) is 7.42. The number of anilines is 2. The maximum Gasteiger partial charge on any atom is 0.524 e. The van der Waals surface area contributed by atoms with Crippen molar-refractivity contribution >= 4 is 84.1 Å². The van der Waals surface area contributed by atoms with E-state index in [1.165, 1.54) is 29.2 Å². The molecule has 2 aliphatic heterocycles. The minimum absolute atomic E-state index is 0.00787. The Hall–Kier alpha value is -4.77. The molecule has 4 N–H and O–H groups in total. The van der Waals surface area contributed by atoms with E-state index in [2.05, 4.69) is 0 Å². The van der Waals surface area contributed by atoms with Crippen molar-refractivity contribution in [2.45, 2.75) is 25.7 Å². The number of carbonyl (C=O) groups excluding carboxylic acids is 2. The van der Waals surface area contributed by atoms with E-state index in [-0.39, 0.29) is 47.6 Å². The van der Waals surface area contributed by atoms with Gasteiger partial charge in [-0.1, -0.05) is 73.7 Å². The highest BCUT2D eigenvalue weighted by atomic mass is 35.5. The molecule has 0 saturated heterocycles. The SMILES string of the molecule is Cc1cc(/C=C/C(=O)N2C[C@@H](CCl)c3c2cc(OP(=O)(O)O)c2ccccc32)ccc1/C=C/C(=O)N1C[C@@H](C)c2c1cc(OP(=O)(O)O)c1ccccc21. The van der Waals surface area contributed by atoms with Crippen LogP contribution in [0.1, 0.15) is 46.6 Å². The van der Waals surface area contributed by atoms with E-state index in [0.717, 1.165) is 33.2 Å². The second-order valence-electron chi connectivity index (χ2n) is 13.3. The van der Waals surface area contributed by atoms with Gasteiger partial charge in [0, 0.05) is 65.9 Å². The van der Waals surface area contributed by atoms with Gasteiger partial charge in [0.25, 0.3) is 11.8 Å². The Labute approximate surface area is 315 Å². The molecule has 0 saturated carbocycles. The van der Waals surface area contributed by atoms with Crippen LogP contribution < -0.4 is 18.8 Å². The first-order valence-electron chi connectivity index (χ1n) is 16.9. The highest BCUT2D eigenvalue weighted by Gasteiger charge is 2.35. The molecule has 2 aliphatic rings. The second-order valence-corrected chi connectivity index (χ2v) is 15.9. The zero-order chi connectivity index (χ0) is 38.5. The number of benzene rings is 5. The Balaban J connectivity index is 1.11. The Morgan fingerprint density at radius 2 is 1.24 bits per heavy atom. The third-order valence-corrected chi connectivity index (χ3v) is 10.9. The summed E-state index contributed by atoms with van der Waals surface area (Å²) < 4.78 is 33.6. The monoisotopic (exact) mass is 788 g/mol. The highest BCUT2D eigenvalue weighted by Crippen LogP contribution is 2.50. The molecular weight excluding hydrogens is 754 g/mol. The van der Waals surface area contributed by atoms with Crippen molar-refractivity contribution < 1.29 is 47.3 Å². The minimum Gasteiger partial charge on any atom is -0.404 e. The molecule has 278 valence electrons. The van der Waals surface area contributed by atoms with Gasteiger partial charge in [-0.2, -0.15) is 0 Å². The zero-order valence-electron chi connectivity index (χ0n) is 29.0. The van der Waals surface area contributed by atoms with Crippen LogP contribution in [0.25, 0.3) is 33.7 Å². The van der Waals surface area contributed by atoms with E-state index >= 15 is 0 Å². The molecule has 2 heterocycles. The Morgan fingerprint density at radius 3 is 1.78 bits per heavy atom. The van der Waals surface area contributed by atoms with Crippen molar-refractivity contribution in [2.75, 3.05) is 28.8 Å². The number of hydrogen-bond acceptors (Lipinski definition) is 6. The number of alkyl halides is 1. The summed E-state index contributed by atoms with van der Waals surface area (Å²) in [6.07, 6.45) is 6.24. The summed E-state index contributed by atoms with van der Waals surface area (Å²) in [5, 5.41) is 2.49. The Kier molecular flexibility index (Phi) is 10.1. The summed E-state index contributed by atoms with van der Waals surface area (Å²) in [7, 11) is -9.76. The number of halogens is 1. The number of aryl methyl sites for hydroxylation is 1. The molecule has 0 spiro atoms. The molecule has 15 heteroatoms. The van der Waals surface area contributed by atoms with Gasteiger partial charge in [0.1, 0.15) is 11.5 Å². The van der Waals surface area contributed by atoms with E-state index in [9.17, 15) is 38.3 Å². The lowest BCUT2D eigenvalue weighted by Gasteiger charge is -2.18. The lowest BCUT2D eigenvalue weighted by atomic mass is 9.95. The van der Waals surface area contributed by atoms with Crippen LogP contribution >= 0.6 is 27.2 Å². The van der Waals surface area contributed by atoms with Crippen LogP contribution in [-0.2, 0) is 18.7 Å². The van der Waals surface area contributed by atoms with E-state index < -0.39 is 15.6 Å². The summed E-state index contributed by atoms with van der Waals surface area (Å²) in [6, 6.07) is 22.7. The van der Waals surface area contributed by atoms with Crippen LogP contribution in [-0.4, -0.2) is 50.4 Å². The van der Waals surface area contributed by atoms with Crippen molar-refractivity contribution in [2.24, 2.45) is 0 Å². The molecule has 54 heavy (non-hydrogen) atoms. The first-order chi connectivity index (χ1) is 25.6. The number of nitrogens with zero attached hydrogens (tertiary/aromatic N) is 2. The van der Waals surface area contributed by atoms with Gasteiger partial charge in [-0.3, -0.25) is 29.2 Å². The van der Waals surface area contributed by atoms with Crippen molar-refractivity contribution in [1.29, 1.82) is 0 Å². The molecule has 12 nitrogen and oxygen atoms in total. The molecule has 7 rings (SSSR count).